The third kappa shape index (κ3) is 7.70. The van der Waals surface area contributed by atoms with Gasteiger partial charge in [0.2, 0.25) is 6.23 Å². The number of nitrogens with one attached hydrogen (secondary N) is 1. The molecule has 0 aromatic carbocycles. The number of nitrogens with zero attached hydrogens (tertiary/aromatic N) is 4. The molecule has 2 aromatic rings. The van der Waals surface area contributed by atoms with Crippen molar-refractivity contribution >= 4 is 17.7 Å². The number of anilines is 1. The van der Waals surface area contributed by atoms with Crippen molar-refractivity contribution in [2.24, 2.45) is 0 Å². The summed E-state index contributed by atoms with van der Waals surface area (Å²) in [4.78, 5) is 40.4. The molecule has 222 valence electrons. The van der Waals surface area contributed by atoms with E-state index in [0.717, 1.165) is 37.6 Å². The predicted octanol–water partition coefficient (Wildman–Crippen LogP) is 3.20. The van der Waals surface area contributed by atoms with Crippen LogP contribution in [0.3, 0.4) is 0 Å². The zero-order chi connectivity index (χ0) is 29.3. The van der Waals surface area contributed by atoms with E-state index in [0.29, 0.717) is 17.5 Å². The van der Waals surface area contributed by atoms with Crippen LogP contribution < -0.4 is 11.0 Å². The van der Waals surface area contributed by atoms with Crippen molar-refractivity contribution in [3.05, 3.63) is 40.2 Å². The number of aromatic nitrogens is 4. The van der Waals surface area contributed by atoms with Gasteiger partial charge in [-0.25, -0.2) is 9.59 Å². The van der Waals surface area contributed by atoms with Gasteiger partial charge in [0.25, 0.3) is 5.91 Å². The van der Waals surface area contributed by atoms with Crippen LogP contribution in [-0.4, -0.2) is 71.3 Å². The highest BCUT2D eigenvalue weighted by Gasteiger charge is 2.59. The van der Waals surface area contributed by atoms with Crippen molar-refractivity contribution in [2.75, 3.05) is 11.9 Å². The van der Waals surface area contributed by atoms with E-state index in [1.165, 1.54) is 43.2 Å². The Morgan fingerprint density at radius 1 is 1.10 bits per heavy atom. The Labute approximate surface area is 230 Å². The van der Waals surface area contributed by atoms with Crippen molar-refractivity contribution < 1.29 is 38.4 Å². The number of ether oxygens (including phenoxy) is 1. The lowest BCUT2D eigenvalue weighted by Crippen LogP contribution is -2.41. The summed E-state index contributed by atoms with van der Waals surface area (Å²) in [6.45, 7) is 1.61. The highest BCUT2D eigenvalue weighted by Crippen LogP contribution is 2.42. The Morgan fingerprint density at radius 2 is 1.73 bits per heavy atom. The molecule has 2 aromatic heterocycles. The number of carbonyl (C=O) groups is 2. The Morgan fingerprint density at radius 3 is 2.27 bits per heavy atom. The van der Waals surface area contributed by atoms with E-state index in [2.05, 4.69) is 22.3 Å². The van der Waals surface area contributed by atoms with Crippen LogP contribution in [0.25, 0.3) is 0 Å². The first-order valence-electron chi connectivity index (χ1n) is 13.6. The van der Waals surface area contributed by atoms with E-state index in [9.17, 15) is 33.4 Å². The van der Waals surface area contributed by atoms with Gasteiger partial charge < -0.3 is 25.4 Å². The standard InChI is InChI=1S/C26H37F2N5O7/c1-2-3-4-5-6-7-8-9-10-11-13-33-18(15-17(31-33)23(37)38)22(36)29-20-12-14-32(25(39)30-20)24-26(27,28)21(35)19(16-34)40-24/h12,14-15,19,21,24,34-35H,2-11,13,16H2,1H3,(H,37,38)(H,29,30,36,39)/t19-,21-,24-/m1/s1. The number of hydrogen-bond donors (Lipinski definition) is 4. The highest BCUT2D eigenvalue weighted by atomic mass is 19.3. The number of aliphatic hydroxyl groups is 2. The van der Waals surface area contributed by atoms with Gasteiger partial charge in [-0.2, -0.15) is 18.9 Å². The Bertz CT molecular complexity index is 1200. The summed E-state index contributed by atoms with van der Waals surface area (Å²) in [5.41, 5.74) is -1.57. The fraction of sp³-hybridized carbons (Fsp3) is 0.654. The maximum absolute atomic E-state index is 14.4. The second-order valence-electron chi connectivity index (χ2n) is 9.91. The van der Waals surface area contributed by atoms with Gasteiger partial charge in [0.15, 0.2) is 11.8 Å². The molecule has 12 nitrogen and oxygen atoms in total. The normalized spacial score (nSPS) is 20.1. The summed E-state index contributed by atoms with van der Waals surface area (Å²) in [6.07, 6.45) is 5.86. The number of hydrogen-bond acceptors (Lipinski definition) is 8. The maximum Gasteiger partial charge on any atom is 0.356 e. The molecule has 1 amide bonds. The van der Waals surface area contributed by atoms with Crippen LogP contribution in [0.5, 0.6) is 0 Å². The Hall–Kier alpha value is -3.23. The third-order valence-corrected chi connectivity index (χ3v) is 6.84. The number of carboxylic acid groups (broad SMARTS) is 1. The number of rotatable bonds is 16. The largest absolute Gasteiger partial charge is 0.476 e. The van der Waals surface area contributed by atoms with Crippen molar-refractivity contribution in [3.63, 3.8) is 0 Å². The van der Waals surface area contributed by atoms with E-state index < -0.39 is 48.5 Å². The minimum atomic E-state index is -3.88. The first-order valence-corrected chi connectivity index (χ1v) is 13.6. The van der Waals surface area contributed by atoms with Crippen LogP contribution in [-0.2, 0) is 11.3 Å². The lowest BCUT2D eigenvalue weighted by atomic mass is 10.1. The molecule has 0 radical (unpaired) electrons. The van der Waals surface area contributed by atoms with Gasteiger partial charge in [0.1, 0.15) is 17.6 Å². The molecule has 1 aliphatic heterocycles. The zero-order valence-corrected chi connectivity index (χ0v) is 22.5. The van der Waals surface area contributed by atoms with Crippen LogP contribution >= 0.6 is 0 Å². The number of halogens is 2. The summed E-state index contributed by atoms with van der Waals surface area (Å²) in [5, 5.41) is 34.5. The average molecular weight is 570 g/mol. The maximum atomic E-state index is 14.4. The smallest absolute Gasteiger partial charge is 0.356 e. The number of unbranched alkanes of at least 4 members (excludes halogenated alkanes) is 9. The van der Waals surface area contributed by atoms with Crippen molar-refractivity contribution in [2.45, 2.75) is 102 Å². The van der Waals surface area contributed by atoms with Crippen LogP contribution in [0.1, 0.15) is 98.3 Å². The van der Waals surface area contributed by atoms with Gasteiger partial charge in [-0.05, 0) is 12.5 Å². The molecule has 0 aliphatic carbocycles. The number of aromatic carboxylic acids is 1. The summed E-state index contributed by atoms with van der Waals surface area (Å²) >= 11 is 0. The molecule has 3 heterocycles. The summed E-state index contributed by atoms with van der Waals surface area (Å²) < 4.78 is 35.5. The lowest BCUT2D eigenvalue weighted by molar-refractivity contribution is -0.140. The average Bonchev–Trinajstić information content (AvgIpc) is 3.44. The quantitative estimate of drug-likeness (QED) is 0.222. The fourth-order valence-corrected chi connectivity index (χ4v) is 4.58. The number of aliphatic hydroxyl groups excluding tert-OH is 2. The molecular weight excluding hydrogens is 532 g/mol. The molecule has 0 spiro atoms. The minimum absolute atomic E-state index is 0.0566. The van der Waals surface area contributed by atoms with Crippen molar-refractivity contribution in [3.8, 4) is 0 Å². The van der Waals surface area contributed by atoms with Gasteiger partial charge in [0.05, 0.1) is 6.61 Å². The second kappa shape index (κ2) is 14.4. The molecule has 3 rings (SSSR count). The van der Waals surface area contributed by atoms with E-state index >= 15 is 0 Å². The molecule has 1 saturated heterocycles. The highest BCUT2D eigenvalue weighted by molar-refractivity contribution is 6.03. The van der Waals surface area contributed by atoms with Gasteiger partial charge in [-0.3, -0.25) is 14.0 Å². The van der Waals surface area contributed by atoms with E-state index in [-0.39, 0.29) is 17.2 Å². The third-order valence-electron chi connectivity index (χ3n) is 6.84. The first kappa shape index (κ1) is 31.3. The molecule has 0 unspecified atom stereocenters. The van der Waals surface area contributed by atoms with Crippen LogP contribution in [0.4, 0.5) is 14.6 Å². The first-order chi connectivity index (χ1) is 19.1. The van der Waals surface area contributed by atoms with Gasteiger partial charge >= 0.3 is 17.6 Å². The number of aryl methyl sites for hydroxylation is 1. The van der Waals surface area contributed by atoms with E-state index in [1.807, 2.05) is 0 Å². The van der Waals surface area contributed by atoms with Crippen LogP contribution in [0.15, 0.2) is 23.1 Å². The zero-order valence-electron chi connectivity index (χ0n) is 22.5. The lowest BCUT2D eigenvalue weighted by Gasteiger charge is -2.21. The predicted molar refractivity (Wildman–Crippen MR) is 139 cm³/mol. The number of carbonyl (C=O) groups excluding carboxylic acids is 1. The fourth-order valence-electron chi connectivity index (χ4n) is 4.58. The Kier molecular flexibility index (Phi) is 11.3. The second-order valence-corrected chi connectivity index (χ2v) is 9.91. The SMILES string of the molecule is CCCCCCCCCCCCn1nc(C(=O)O)cc1C(=O)Nc1ccn([C@@H]2O[C@H](CO)[C@@H](O)C2(F)F)c(=O)n1. The molecular formula is C26H37F2N5O7. The number of alkyl halides is 2. The summed E-state index contributed by atoms with van der Waals surface area (Å²) in [5.74, 6) is -6.24. The minimum Gasteiger partial charge on any atom is -0.476 e. The Balaban J connectivity index is 1.60. The molecule has 40 heavy (non-hydrogen) atoms. The van der Waals surface area contributed by atoms with Gasteiger partial charge in [-0.15, -0.1) is 0 Å². The monoisotopic (exact) mass is 569 g/mol. The summed E-state index contributed by atoms with van der Waals surface area (Å²) in [7, 11) is 0. The number of carboxylic acids is 1. The van der Waals surface area contributed by atoms with Crippen LogP contribution in [0, 0.1) is 0 Å². The summed E-state index contributed by atoms with van der Waals surface area (Å²) in [6, 6.07) is 2.19. The topological polar surface area (TPSA) is 169 Å². The molecule has 3 atom stereocenters. The van der Waals surface area contributed by atoms with Crippen LogP contribution in [0.2, 0.25) is 0 Å². The van der Waals surface area contributed by atoms with Gasteiger partial charge in [0, 0.05) is 18.8 Å². The molecule has 4 N–H and O–H groups in total. The molecule has 1 fully saturated rings. The molecule has 0 saturated carbocycles. The van der Waals surface area contributed by atoms with Gasteiger partial charge in [-0.1, -0.05) is 64.7 Å². The molecule has 14 heteroatoms. The van der Waals surface area contributed by atoms with Crippen molar-refractivity contribution in [1.29, 1.82) is 0 Å². The number of amides is 1. The molecule has 0 bridgehead atoms. The van der Waals surface area contributed by atoms with E-state index in [1.54, 1.807) is 0 Å². The van der Waals surface area contributed by atoms with E-state index in [4.69, 9.17) is 9.84 Å². The molecule has 1 aliphatic rings. The van der Waals surface area contributed by atoms with Crippen molar-refractivity contribution in [1.82, 2.24) is 19.3 Å².